The number of rotatable bonds is 5. The van der Waals surface area contributed by atoms with E-state index < -0.39 is 0 Å². The molecule has 1 amide bonds. The number of amides is 1. The standard InChI is InChI=1S/C16H20N4O/c1-20(2)16(21)14-6-7-15(19-11-14)18-10-13-5-3-4-12(8-13)9-17/h3-8,11H,9-10,17H2,1-2H3,(H,18,19). The third-order valence-corrected chi connectivity index (χ3v) is 3.12. The van der Waals surface area contributed by atoms with Crippen LogP contribution in [0.4, 0.5) is 5.82 Å². The van der Waals surface area contributed by atoms with Gasteiger partial charge in [-0.2, -0.15) is 0 Å². The molecule has 5 nitrogen and oxygen atoms in total. The van der Waals surface area contributed by atoms with Crippen molar-refractivity contribution >= 4 is 11.7 Å². The molecule has 0 aliphatic carbocycles. The molecule has 0 radical (unpaired) electrons. The van der Waals surface area contributed by atoms with Gasteiger partial charge in [-0.1, -0.05) is 24.3 Å². The molecular weight excluding hydrogens is 264 g/mol. The Morgan fingerprint density at radius 1 is 1.24 bits per heavy atom. The zero-order valence-corrected chi connectivity index (χ0v) is 12.3. The lowest BCUT2D eigenvalue weighted by molar-refractivity contribution is 0.0827. The van der Waals surface area contributed by atoms with E-state index in [-0.39, 0.29) is 5.91 Å². The molecule has 0 atom stereocenters. The Morgan fingerprint density at radius 3 is 2.62 bits per heavy atom. The summed E-state index contributed by atoms with van der Waals surface area (Å²) in [5.41, 5.74) is 8.46. The highest BCUT2D eigenvalue weighted by atomic mass is 16.2. The van der Waals surface area contributed by atoms with Crippen LogP contribution in [0, 0.1) is 0 Å². The highest BCUT2D eigenvalue weighted by molar-refractivity contribution is 5.93. The molecule has 0 unspecified atom stereocenters. The van der Waals surface area contributed by atoms with Gasteiger partial charge in [-0.3, -0.25) is 4.79 Å². The summed E-state index contributed by atoms with van der Waals surface area (Å²) < 4.78 is 0. The van der Waals surface area contributed by atoms with Crippen molar-refractivity contribution in [3.05, 3.63) is 59.3 Å². The maximum Gasteiger partial charge on any atom is 0.254 e. The summed E-state index contributed by atoms with van der Waals surface area (Å²) in [4.78, 5) is 17.5. The summed E-state index contributed by atoms with van der Waals surface area (Å²) in [6.07, 6.45) is 1.58. The number of hydrogen-bond donors (Lipinski definition) is 2. The van der Waals surface area contributed by atoms with Crippen molar-refractivity contribution in [2.45, 2.75) is 13.1 Å². The molecule has 0 saturated heterocycles. The van der Waals surface area contributed by atoms with Gasteiger partial charge in [0.2, 0.25) is 0 Å². The third kappa shape index (κ3) is 4.03. The molecule has 0 saturated carbocycles. The van der Waals surface area contributed by atoms with Crippen LogP contribution in [0.25, 0.3) is 0 Å². The minimum Gasteiger partial charge on any atom is -0.366 e. The molecule has 21 heavy (non-hydrogen) atoms. The number of nitrogens with zero attached hydrogens (tertiary/aromatic N) is 2. The molecule has 1 heterocycles. The molecule has 0 aliphatic heterocycles. The minimum atomic E-state index is -0.0512. The summed E-state index contributed by atoms with van der Waals surface area (Å²) in [6.45, 7) is 1.20. The highest BCUT2D eigenvalue weighted by Crippen LogP contribution is 2.10. The quantitative estimate of drug-likeness (QED) is 0.879. The van der Waals surface area contributed by atoms with Crippen molar-refractivity contribution < 1.29 is 4.79 Å². The van der Waals surface area contributed by atoms with E-state index in [1.54, 1.807) is 26.4 Å². The molecule has 1 aromatic carbocycles. The first kappa shape index (κ1) is 15.0. The maximum absolute atomic E-state index is 11.8. The SMILES string of the molecule is CN(C)C(=O)c1ccc(NCc2cccc(CN)c2)nc1. The zero-order valence-electron chi connectivity index (χ0n) is 12.3. The van der Waals surface area contributed by atoms with Crippen LogP contribution >= 0.6 is 0 Å². The Labute approximate surface area is 124 Å². The van der Waals surface area contributed by atoms with Gasteiger partial charge in [-0.15, -0.1) is 0 Å². The Hall–Kier alpha value is -2.40. The zero-order chi connectivity index (χ0) is 15.2. The van der Waals surface area contributed by atoms with Gasteiger partial charge in [0.15, 0.2) is 0 Å². The van der Waals surface area contributed by atoms with E-state index in [9.17, 15) is 4.79 Å². The Morgan fingerprint density at radius 2 is 2.00 bits per heavy atom. The Balaban J connectivity index is 1.99. The molecule has 0 fully saturated rings. The highest BCUT2D eigenvalue weighted by Gasteiger charge is 2.07. The second kappa shape index (κ2) is 6.85. The van der Waals surface area contributed by atoms with Gasteiger partial charge in [-0.05, 0) is 23.3 Å². The van der Waals surface area contributed by atoms with Crippen molar-refractivity contribution in [1.29, 1.82) is 0 Å². The summed E-state index contributed by atoms with van der Waals surface area (Å²) >= 11 is 0. The lowest BCUT2D eigenvalue weighted by Gasteiger charge is -2.11. The molecule has 2 rings (SSSR count). The molecule has 0 aliphatic rings. The molecule has 2 aromatic rings. The number of pyridine rings is 1. The van der Waals surface area contributed by atoms with Crippen molar-refractivity contribution in [3.8, 4) is 0 Å². The summed E-state index contributed by atoms with van der Waals surface area (Å²) in [6, 6.07) is 11.7. The van der Waals surface area contributed by atoms with Crippen molar-refractivity contribution in [2.24, 2.45) is 5.73 Å². The van der Waals surface area contributed by atoms with Crippen LogP contribution in [0.2, 0.25) is 0 Å². The number of aromatic nitrogens is 1. The van der Waals surface area contributed by atoms with Gasteiger partial charge < -0.3 is 16.0 Å². The number of carbonyl (C=O) groups excluding carboxylic acids is 1. The fourth-order valence-corrected chi connectivity index (χ4v) is 1.94. The summed E-state index contributed by atoms with van der Waals surface area (Å²) in [7, 11) is 3.44. The second-order valence-corrected chi connectivity index (χ2v) is 5.01. The third-order valence-electron chi connectivity index (χ3n) is 3.12. The van der Waals surface area contributed by atoms with E-state index in [0.29, 0.717) is 18.7 Å². The molecule has 0 bridgehead atoms. The van der Waals surface area contributed by atoms with Gasteiger partial charge in [0.05, 0.1) is 5.56 Å². The van der Waals surface area contributed by atoms with Crippen LogP contribution in [-0.4, -0.2) is 29.9 Å². The molecule has 3 N–H and O–H groups in total. The largest absolute Gasteiger partial charge is 0.366 e. The van der Waals surface area contributed by atoms with Crippen LogP contribution in [0.15, 0.2) is 42.6 Å². The number of carbonyl (C=O) groups is 1. The minimum absolute atomic E-state index is 0.0512. The molecule has 1 aromatic heterocycles. The number of anilines is 1. The fraction of sp³-hybridized carbons (Fsp3) is 0.250. The van der Waals surface area contributed by atoms with E-state index in [1.165, 1.54) is 4.90 Å². The average Bonchev–Trinajstić information content (AvgIpc) is 2.53. The summed E-state index contributed by atoms with van der Waals surface area (Å²) in [5, 5.41) is 3.23. The first-order valence-electron chi connectivity index (χ1n) is 6.79. The van der Waals surface area contributed by atoms with Gasteiger partial charge in [-0.25, -0.2) is 4.98 Å². The van der Waals surface area contributed by atoms with E-state index in [4.69, 9.17) is 5.73 Å². The van der Waals surface area contributed by atoms with Crippen LogP contribution in [-0.2, 0) is 13.1 Å². The number of hydrogen-bond acceptors (Lipinski definition) is 4. The average molecular weight is 284 g/mol. The van der Waals surface area contributed by atoms with Gasteiger partial charge in [0.25, 0.3) is 5.91 Å². The summed E-state index contributed by atoms with van der Waals surface area (Å²) in [5.74, 6) is 0.688. The number of nitrogens with one attached hydrogen (secondary N) is 1. The lowest BCUT2D eigenvalue weighted by Crippen LogP contribution is -2.21. The van der Waals surface area contributed by atoms with Crippen LogP contribution in [0.5, 0.6) is 0 Å². The molecule has 5 heteroatoms. The number of benzene rings is 1. The van der Waals surface area contributed by atoms with Crippen LogP contribution in [0.1, 0.15) is 21.5 Å². The van der Waals surface area contributed by atoms with Crippen molar-refractivity contribution in [1.82, 2.24) is 9.88 Å². The van der Waals surface area contributed by atoms with Crippen molar-refractivity contribution in [2.75, 3.05) is 19.4 Å². The predicted octanol–water partition coefficient (Wildman–Crippen LogP) is 1.85. The van der Waals surface area contributed by atoms with Gasteiger partial charge in [0.1, 0.15) is 5.82 Å². The number of nitrogens with two attached hydrogens (primary N) is 1. The predicted molar refractivity (Wildman–Crippen MR) is 83.9 cm³/mol. The van der Waals surface area contributed by atoms with Gasteiger partial charge >= 0.3 is 0 Å². The molecule has 110 valence electrons. The molecule has 0 spiro atoms. The topological polar surface area (TPSA) is 71.2 Å². The van der Waals surface area contributed by atoms with E-state index in [2.05, 4.69) is 16.4 Å². The van der Waals surface area contributed by atoms with Gasteiger partial charge in [0, 0.05) is 33.4 Å². The Bertz CT molecular complexity index is 608. The van der Waals surface area contributed by atoms with Crippen LogP contribution < -0.4 is 11.1 Å². The monoisotopic (exact) mass is 284 g/mol. The van der Waals surface area contributed by atoms with E-state index in [0.717, 1.165) is 16.9 Å². The lowest BCUT2D eigenvalue weighted by atomic mass is 10.1. The fourth-order valence-electron chi connectivity index (χ4n) is 1.94. The van der Waals surface area contributed by atoms with Crippen molar-refractivity contribution in [3.63, 3.8) is 0 Å². The smallest absolute Gasteiger partial charge is 0.254 e. The first-order chi connectivity index (χ1) is 10.1. The molecular formula is C16H20N4O. The second-order valence-electron chi connectivity index (χ2n) is 5.01. The Kier molecular flexibility index (Phi) is 4.90. The van der Waals surface area contributed by atoms with E-state index >= 15 is 0 Å². The normalized spacial score (nSPS) is 10.2. The first-order valence-corrected chi connectivity index (χ1v) is 6.79. The maximum atomic E-state index is 11.8. The van der Waals surface area contributed by atoms with E-state index in [1.807, 2.05) is 24.3 Å². The van der Waals surface area contributed by atoms with Crippen LogP contribution in [0.3, 0.4) is 0 Å².